The fourth-order valence-corrected chi connectivity index (χ4v) is 1.52. The van der Waals surface area contributed by atoms with Crippen molar-refractivity contribution in [1.29, 1.82) is 0 Å². The number of rotatable bonds is 3. The van der Waals surface area contributed by atoms with Crippen molar-refractivity contribution in [2.75, 3.05) is 0 Å². The summed E-state index contributed by atoms with van der Waals surface area (Å²) < 4.78 is 5.39. The van der Waals surface area contributed by atoms with Crippen molar-refractivity contribution >= 4 is 5.78 Å². The Morgan fingerprint density at radius 3 is 2.64 bits per heavy atom. The first-order chi connectivity index (χ1) is 6.75. The summed E-state index contributed by atoms with van der Waals surface area (Å²) in [5.74, 6) is 1.72. The van der Waals surface area contributed by atoms with Gasteiger partial charge in [-0.05, 0) is 12.1 Å². The van der Waals surface area contributed by atoms with E-state index in [0.29, 0.717) is 11.7 Å². The smallest absolute Gasteiger partial charge is 0.194 e. The van der Waals surface area contributed by atoms with Crippen LogP contribution >= 0.6 is 0 Å². The van der Waals surface area contributed by atoms with E-state index in [9.17, 15) is 4.79 Å². The van der Waals surface area contributed by atoms with Gasteiger partial charge in [-0.1, -0.05) is 24.3 Å². The van der Waals surface area contributed by atoms with E-state index < -0.39 is 0 Å². The number of allylic oxidation sites excluding steroid dienone is 4. The Morgan fingerprint density at radius 2 is 2.07 bits per heavy atom. The standard InChI is InChI=1S/C12H12O2/c1-9(13)12-7-6-11(14-12)8-10-4-2-3-5-10/h2-7,10H,8H2,1H3. The van der Waals surface area contributed by atoms with Crippen LogP contribution in [-0.4, -0.2) is 5.78 Å². The molecule has 0 saturated heterocycles. The maximum atomic E-state index is 11.0. The van der Waals surface area contributed by atoms with Crippen LogP contribution in [0.1, 0.15) is 23.2 Å². The Hall–Kier alpha value is -1.57. The second-order valence-corrected chi connectivity index (χ2v) is 3.46. The van der Waals surface area contributed by atoms with Crippen LogP contribution in [0.25, 0.3) is 0 Å². The molecule has 1 heterocycles. The van der Waals surface area contributed by atoms with Gasteiger partial charge in [0.1, 0.15) is 5.76 Å². The Balaban J connectivity index is 2.06. The van der Waals surface area contributed by atoms with Crippen LogP contribution in [0.3, 0.4) is 0 Å². The molecule has 0 unspecified atom stereocenters. The van der Waals surface area contributed by atoms with Crippen molar-refractivity contribution in [3.8, 4) is 0 Å². The Bertz CT molecular complexity index is 384. The summed E-state index contributed by atoms with van der Waals surface area (Å²) in [6, 6.07) is 3.61. The minimum absolute atomic E-state index is 0.0197. The first kappa shape index (κ1) is 9.00. The lowest BCUT2D eigenvalue weighted by Gasteiger charge is -2.00. The highest BCUT2D eigenvalue weighted by atomic mass is 16.3. The third kappa shape index (κ3) is 1.84. The topological polar surface area (TPSA) is 30.2 Å². The SMILES string of the molecule is CC(=O)c1ccc(CC2C=CC=C2)o1. The monoisotopic (exact) mass is 188 g/mol. The first-order valence-electron chi connectivity index (χ1n) is 4.70. The van der Waals surface area contributed by atoms with Crippen LogP contribution in [0.5, 0.6) is 0 Å². The summed E-state index contributed by atoms with van der Waals surface area (Å²) in [5, 5.41) is 0. The van der Waals surface area contributed by atoms with Gasteiger partial charge in [0.15, 0.2) is 11.5 Å². The van der Waals surface area contributed by atoms with Crippen molar-refractivity contribution in [3.63, 3.8) is 0 Å². The highest BCUT2D eigenvalue weighted by Crippen LogP contribution is 2.18. The third-order valence-corrected chi connectivity index (χ3v) is 2.27. The van der Waals surface area contributed by atoms with Crippen LogP contribution in [0.15, 0.2) is 40.9 Å². The van der Waals surface area contributed by atoms with Crippen LogP contribution in [0, 0.1) is 5.92 Å². The van der Waals surface area contributed by atoms with Crippen molar-refractivity contribution < 1.29 is 9.21 Å². The number of ketones is 1. The maximum Gasteiger partial charge on any atom is 0.194 e. The van der Waals surface area contributed by atoms with Crippen molar-refractivity contribution in [2.45, 2.75) is 13.3 Å². The molecule has 72 valence electrons. The molecule has 1 aromatic rings. The fourth-order valence-electron chi connectivity index (χ4n) is 1.52. The van der Waals surface area contributed by atoms with Gasteiger partial charge in [-0.15, -0.1) is 0 Å². The summed E-state index contributed by atoms with van der Waals surface area (Å²) in [7, 11) is 0. The lowest BCUT2D eigenvalue weighted by atomic mass is 10.1. The fraction of sp³-hybridized carbons (Fsp3) is 0.250. The molecule has 0 aliphatic heterocycles. The molecule has 1 aliphatic carbocycles. The number of hydrogen-bond acceptors (Lipinski definition) is 2. The molecule has 1 aromatic heterocycles. The Labute approximate surface area is 82.9 Å². The van der Waals surface area contributed by atoms with E-state index in [1.807, 2.05) is 18.2 Å². The second-order valence-electron chi connectivity index (χ2n) is 3.46. The summed E-state index contributed by atoms with van der Waals surface area (Å²) in [6.45, 7) is 1.51. The van der Waals surface area contributed by atoms with Crippen LogP contribution in [0.2, 0.25) is 0 Å². The van der Waals surface area contributed by atoms with E-state index in [1.54, 1.807) is 6.07 Å². The minimum atomic E-state index is -0.0197. The molecule has 14 heavy (non-hydrogen) atoms. The number of Topliss-reactive ketones (excluding diaryl/α,β-unsaturated/α-hetero) is 1. The summed E-state index contributed by atoms with van der Waals surface area (Å²) in [4.78, 5) is 11.0. The van der Waals surface area contributed by atoms with Crippen LogP contribution in [0.4, 0.5) is 0 Å². The highest BCUT2D eigenvalue weighted by molar-refractivity contribution is 5.91. The molecule has 2 heteroatoms. The molecule has 0 atom stereocenters. The minimum Gasteiger partial charge on any atom is -0.458 e. The third-order valence-electron chi connectivity index (χ3n) is 2.27. The number of furan rings is 1. The molecule has 0 radical (unpaired) electrons. The lowest BCUT2D eigenvalue weighted by Crippen LogP contribution is -1.94. The summed E-state index contributed by atoms with van der Waals surface area (Å²) in [5.41, 5.74) is 0. The van der Waals surface area contributed by atoms with Crippen molar-refractivity contribution in [3.05, 3.63) is 48.0 Å². The van der Waals surface area contributed by atoms with Gasteiger partial charge in [-0.2, -0.15) is 0 Å². The molecule has 0 bridgehead atoms. The van der Waals surface area contributed by atoms with Crippen molar-refractivity contribution in [2.24, 2.45) is 5.92 Å². The number of hydrogen-bond donors (Lipinski definition) is 0. The molecule has 0 fully saturated rings. The molecule has 0 spiro atoms. The molecule has 0 saturated carbocycles. The molecular weight excluding hydrogens is 176 g/mol. The van der Waals surface area contributed by atoms with E-state index in [2.05, 4.69) is 12.2 Å². The molecule has 2 nitrogen and oxygen atoms in total. The van der Waals surface area contributed by atoms with Crippen molar-refractivity contribution in [1.82, 2.24) is 0 Å². The molecule has 1 aliphatic rings. The molecular formula is C12H12O2. The van der Waals surface area contributed by atoms with E-state index in [-0.39, 0.29) is 5.78 Å². The zero-order valence-electron chi connectivity index (χ0n) is 8.07. The van der Waals surface area contributed by atoms with Gasteiger partial charge in [-0.25, -0.2) is 0 Å². The van der Waals surface area contributed by atoms with E-state index in [1.165, 1.54) is 6.92 Å². The second kappa shape index (κ2) is 3.66. The average Bonchev–Trinajstić information content (AvgIpc) is 2.75. The van der Waals surface area contributed by atoms with Crippen LogP contribution < -0.4 is 0 Å². The molecule has 0 aromatic carbocycles. The highest BCUT2D eigenvalue weighted by Gasteiger charge is 2.10. The van der Waals surface area contributed by atoms with Gasteiger partial charge in [0.05, 0.1) is 0 Å². The van der Waals surface area contributed by atoms with E-state index in [0.717, 1.165) is 12.2 Å². The van der Waals surface area contributed by atoms with Gasteiger partial charge < -0.3 is 4.42 Å². The van der Waals surface area contributed by atoms with E-state index in [4.69, 9.17) is 4.42 Å². The van der Waals surface area contributed by atoms with Crippen LogP contribution in [-0.2, 0) is 6.42 Å². The normalized spacial score (nSPS) is 15.2. The number of carbonyl (C=O) groups excluding carboxylic acids is 1. The molecule has 0 amide bonds. The maximum absolute atomic E-state index is 11.0. The van der Waals surface area contributed by atoms with Gasteiger partial charge in [0, 0.05) is 19.3 Å². The zero-order valence-corrected chi connectivity index (χ0v) is 8.07. The largest absolute Gasteiger partial charge is 0.458 e. The predicted molar refractivity (Wildman–Crippen MR) is 54.2 cm³/mol. The Morgan fingerprint density at radius 1 is 1.36 bits per heavy atom. The summed E-state index contributed by atoms with van der Waals surface area (Å²) in [6.07, 6.45) is 9.13. The van der Waals surface area contributed by atoms with Gasteiger partial charge in [0.25, 0.3) is 0 Å². The Kier molecular flexibility index (Phi) is 2.35. The quantitative estimate of drug-likeness (QED) is 0.683. The lowest BCUT2D eigenvalue weighted by molar-refractivity contribution is 0.0985. The van der Waals surface area contributed by atoms with E-state index >= 15 is 0 Å². The first-order valence-corrected chi connectivity index (χ1v) is 4.70. The zero-order chi connectivity index (χ0) is 9.97. The number of carbonyl (C=O) groups is 1. The molecule has 2 rings (SSSR count). The predicted octanol–water partition coefficient (Wildman–Crippen LogP) is 2.77. The van der Waals surface area contributed by atoms with Gasteiger partial charge >= 0.3 is 0 Å². The summed E-state index contributed by atoms with van der Waals surface area (Å²) >= 11 is 0. The van der Waals surface area contributed by atoms with Gasteiger partial charge in [-0.3, -0.25) is 4.79 Å². The van der Waals surface area contributed by atoms with Gasteiger partial charge in [0.2, 0.25) is 0 Å². The molecule has 0 N–H and O–H groups in total. The average molecular weight is 188 g/mol.